The number of carbonyl (C=O) groups excluding carboxylic acids is 1. The zero-order valence-electron chi connectivity index (χ0n) is 16.0. The minimum atomic E-state index is -0.278. The van der Waals surface area contributed by atoms with Gasteiger partial charge in [-0.1, -0.05) is 47.2 Å². The number of hydrogen-bond donors (Lipinski definition) is 1. The molecule has 0 atom stereocenters. The SMILES string of the molecule is COc1ccc(CNC(=O)c2cn(Cc3ccc(C)cc3)c(=O)s2)cc1OC. The van der Waals surface area contributed by atoms with Crippen LogP contribution in [0.15, 0.2) is 53.5 Å². The van der Waals surface area contributed by atoms with Crippen molar-refractivity contribution < 1.29 is 14.3 Å². The second kappa shape index (κ2) is 8.75. The summed E-state index contributed by atoms with van der Waals surface area (Å²) in [5.41, 5.74) is 3.05. The maximum Gasteiger partial charge on any atom is 0.308 e. The molecular formula is C21H22N2O4S. The third-order valence-corrected chi connectivity index (χ3v) is 5.22. The number of nitrogens with zero attached hydrogens (tertiary/aromatic N) is 1. The Balaban J connectivity index is 1.66. The largest absolute Gasteiger partial charge is 0.493 e. The first-order valence-corrected chi connectivity index (χ1v) is 9.56. The van der Waals surface area contributed by atoms with Gasteiger partial charge in [-0.25, -0.2) is 0 Å². The van der Waals surface area contributed by atoms with E-state index in [1.165, 1.54) is 0 Å². The summed E-state index contributed by atoms with van der Waals surface area (Å²) in [6.07, 6.45) is 1.61. The summed E-state index contributed by atoms with van der Waals surface area (Å²) in [4.78, 5) is 24.9. The maximum atomic E-state index is 12.4. The first kappa shape index (κ1) is 19.7. The fraction of sp³-hybridized carbons (Fsp3) is 0.238. The fourth-order valence-electron chi connectivity index (χ4n) is 2.74. The number of thiazole rings is 1. The lowest BCUT2D eigenvalue weighted by molar-refractivity contribution is 0.0954. The zero-order valence-corrected chi connectivity index (χ0v) is 16.8. The third-order valence-electron chi connectivity index (χ3n) is 4.30. The van der Waals surface area contributed by atoms with E-state index in [4.69, 9.17) is 9.47 Å². The normalized spacial score (nSPS) is 10.5. The lowest BCUT2D eigenvalue weighted by atomic mass is 10.1. The highest BCUT2D eigenvalue weighted by Gasteiger charge is 2.13. The average molecular weight is 398 g/mol. The van der Waals surface area contributed by atoms with Crippen LogP contribution < -0.4 is 19.7 Å². The van der Waals surface area contributed by atoms with Crippen molar-refractivity contribution in [2.75, 3.05) is 14.2 Å². The molecule has 0 fully saturated rings. The summed E-state index contributed by atoms with van der Waals surface area (Å²) >= 11 is 0.944. The fourth-order valence-corrected chi connectivity index (χ4v) is 3.51. The van der Waals surface area contributed by atoms with Gasteiger partial charge in [-0.2, -0.15) is 0 Å². The highest BCUT2D eigenvalue weighted by molar-refractivity contribution is 7.11. The van der Waals surface area contributed by atoms with Gasteiger partial charge in [0.2, 0.25) is 0 Å². The van der Waals surface area contributed by atoms with Gasteiger partial charge in [0, 0.05) is 12.7 Å². The van der Waals surface area contributed by atoms with Gasteiger partial charge >= 0.3 is 4.87 Å². The Hall–Kier alpha value is -3.06. The van der Waals surface area contributed by atoms with E-state index < -0.39 is 0 Å². The predicted octanol–water partition coefficient (Wildman–Crippen LogP) is 3.21. The molecule has 0 aliphatic rings. The molecule has 1 N–H and O–H groups in total. The molecule has 28 heavy (non-hydrogen) atoms. The summed E-state index contributed by atoms with van der Waals surface area (Å²) in [6.45, 7) is 2.78. The number of amides is 1. The molecule has 1 amide bonds. The van der Waals surface area contributed by atoms with Gasteiger partial charge in [0.1, 0.15) is 4.88 Å². The van der Waals surface area contributed by atoms with E-state index in [-0.39, 0.29) is 10.8 Å². The van der Waals surface area contributed by atoms with Gasteiger partial charge in [-0.15, -0.1) is 0 Å². The Kier molecular flexibility index (Phi) is 6.16. The van der Waals surface area contributed by atoms with Crippen LogP contribution in [0.25, 0.3) is 0 Å². The Bertz CT molecular complexity index is 1020. The number of methoxy groups -OCH3 is 2. The minimum Gasteiger partial charge on any atom is -0.493 e. The van der Waals surface area contributed by atoms with Crippen molar-refractivity contribution in [2.24, 2.45) is 0 Å². The molecule has 0 spiro atoms. The number of ether oxygens (including phenoxy) is 2. The molecule has 0 unspecified atom stereocenters. The number of rotatable bonds is 7. The second-order valence-electron chi connectivity index (χ2n) is 6.35. The summed E-state index contributed by atoms with van der Waals surface area (Å²) in [7, 11) is 3.14. The summed E-state index contributed by atoms with van der Waals surface area (Å²) in [5, 5.41) is 2.84. The van der Waals surface area contributed by atoms with Gasteiger partial charge in [0.25, 0.3) is 5.91 Å². The van der Waals surface area contributed by atoms with Crippen molar-refractivity contribution in [3.63, 3.8) is 0 Å². The van der Waals surface area contributed by atoms with E-state index in [9.17, 15) is 9.59 Å². The summed E-state index contributed by atoms with van der Waals surface area (Å²) in [5.74, 6) is 0.951. The maximum absolute atomic E-state index is 12.4. The quantitative estimate of drug-likeness (QED) is 0.664. The molecule has 1 heterocycles. The molecular weight excluding hydrogens is 376 g/mol. The lowest BCUT2D eigenvalue weighted by Crippen LogP contribution is -2.22. The van der Waals surface area contributed by atoms with Crippen molar-refractivity contribution in [1.82, 2.24) is 9.88 Å². The first-order valence-electron chi connectivity index (χ1n) is 8.75. The van der Waals surface area contributed by atoms with Crippen LogP contribution in [0.3, 0.4) is 0 Å². The molecule has 3 aromatic rings. The van der Waals surface area contributed by atoms with Gasteiger partial charge < -0.3 is 19.4 Å². The Labute approximate surface area is 167 Å². The summed E-state index contributed by atoms with van der Waals surface area (Å²) in [6, 6.07) is 13.4. The molecule has 0 radical (unpaired) electrons. The van der Waals surface area contributed by atoms with Gasteiger partial charge in [0.05, 0.1) is 20.8 Å². The molecule has 146 valence electrons. The number of benzene rings is 2. The van der Waals surface area contributed by atoms with Crippen LogP contribution in [0, 0.1) is 6.92 Å². The zero-order chi connectivity index (χ0) is 20.1. The second-order valence-corrected chi connectivity index (χ2v) is 7.34. The predicted molar refractivity (Wildman–Crippen MR) is 110 cm³/mol. The van der Waals surface area contributed by atoms with Crippen LogP contribution in [0.4, 0.5) is 0 Å². The molecule has 0 saturated carbocycles. The highest BCUT2D eigenvalue weighted by atomic mass is 32.1. The molecule has 7 heteroatoms. The third kappa shape index (κ3) is 4.61. The molecule has 6 nitrogen and oxygen atoms in total. The van der Waals surface area contributed by atoms with Crippen molar-refractivity contribution in [2.45, 2.75) is 20.0 Å². The number of nitrogens with one attached hydrogen (secondary N) is 1. The number of hydrogen-bond acceptors (Lipinski definition) is 5. The van der Waals surface area contributed by atoms with Crippen LogP contribution in [-0.2, 0) is 13.1 Å². The highest BCUT2D eigenvalue weighted by Crippen LogP contribution is 2.27. The van der Waals surface area contributed by atoms with E-state index in [1.807, 2.05) is 43.3 Å². The van der Waals surface area contributed by atoms with Gasteiger partial charge in [0.15, 0.2) is 11.5 Å². The molecule has 0 saturated heterocycles. The van der Waals surface area contributed by atoms with E-state index in [0.717, 1.165) is 28.0 Å². The monoisotopic (exact) mass is 398 g/mol. The molecule has 0 aliphatic heterocycles. The molecule has 1 aromatic heterocycles. The Morgan fingerprint density at radius 2 is 1.71 bits per heavy atom. The van der Waals surface area contributed by atoms with Crippen LogP contribution >= 0.6 is 11.3 Å². The molecule has 0 bridgehead atoms. The van der Waals surface area contributed by atoms with E-state index >= 15 is 0 Å². The van der Waals surface area contributed by atoms with Gasteiger partial charge in [-0.3, -0.25) is 9.59 Å². The Morgan fingerprint density at radius 3 is 2.39 bits per heavy atom. The van der Waals surface area contributed by atoms with E-state index in [0.29, 0.717) is 29.5 Å². The average Bonchev–Trinajstić information content (AvgIpc) is 3.08. The van der Waals surface area contributed by atoms with E-state index in [2.05, 4.69) is 5.32 Å². The van der Waals surface area contributed by atoms with Crippen molar-refractivity contribution in [3.05, 3.63) is 79.9 Å². The molecule has 0 aliphatic carbocycles. The van der Waals surface area contributed by atoms with Crippen LogP contribution in [0.5, 0.6) is 11.5 Å². The lowest BCUT2D eigenvalue weighted by Gasteiger charge is -2.10. The number of aryl methyl sites for hydroxylation is 1. The molecule has 3 rings (SSSR count). The van der Waals surface area contributed by atoms with Crippen molar-refractivity contribution in [1.29, 1.82) is 0 Å². The van der Waals surface area contributed by atoms with Crippen molar-refractivity contribution >= 4 is 17.2 Å². The topological polar surface area (TPSA) is 69.6 Å². The van der Waals surface area contributed by atoms with Gasteiger partial charge in [-0.05, 0) is 30.2 Å². The summed E-state index contributed by atoms with van der Waals surface area (Å²) < 4.78 is 12.0. The number of aromatic nitrogens is 1. The van der Waals surface area contributed by atoms with Crippen molar-refractivity contribution in [3.8, 4) is 11.5 Å². The van der Waals surface area contributed by atoms with Crippen LogP contribution in [0.2, 0.25) is 0 Å². The Morgan fingerprint density at radius 1 is 1.04 bits per heavy atom. The molecule has 2 aromatic carbocycles. The smallest absolute Gasteiger partial charge is 0.308 e. The van der Waals surface area contributed by atoms with Crippen LogP contribution in [-0.4, -0.2) is 24.7 Å². The minimum absolute atomic E-state index is 0.156. The van der Waals surface area contributed by atoms with Crippen LogP contribution in [0.1, 0.15) is 26.4 Å². The first-order chi connectivity index (χ1) is 13.5. The van der Waals surface area contributed by atoms with E-state index in [1.54, 1.807) is 31.0 Å². The number of carbonyl (C=O) groups is 1. The standard InChI is InChI=1S/C21H22N2O4S/c1-14-4-6-15(7-5-14)12-23-13-19(28-21(23)25)20(24)22-11-16-8-9-17(26-2)18(10-16)27-3/h4-10,13H,11-12H2,1-3H3,(H,22,24).